The summed E-state index contributed by atoms with van der Waals surface area (Å²) in [5.41, 5.74) is 2.82. The molecule has 0 spiro atoms. The molecule has 6 nitrogen and oxygen atoms in total. The summed E-state index contributed by atoms with van der Waals surface area (Å²) >= 11 is 0. The minimum absolute atomic E-state index is 0.0743. The van der Waals surface area contributed by atoms with Crippen LogP contribution in [0.2, 0.25) is 0 Å². The third kappa shape index (κ3) is 3.48. The van der Waals surface area contributed by atoms with Crippen molar-refractivity contribution in [1.82, 2.24) is 19.8 Å². The Kier molecular flexibility index (Phi) is 5.24. The van der Waals surface area contributed by atoms with E-state index in [1.165, 1.54) is 6.42 Å². The third-order valence-corrected chi connectivity index (χ3v) is 7.17. The van der Waals surface area contributed by atoms with Crippen molar-refractivity contribution in [2.45, 2.75) is 70.6 Å². The molecule has 32 heavy (non-hydrogen) atoms. The molecule has 1 atom stereocenters. The number of fused-ring (bicyclic) bond motifs is 3. The normalized spacial score (nSPS) is 21.6. The van der Waals surface area contributed by atoms with Gasteiger partial charge in [0.15, 0.2) is 5.82 Å². The van der Waals surface area contributed by atoms with Gasteiger partial charge in [0, 0.05) is 12.6 Å². The lowest BCUT2D eigenvalue weighted by atomic mass is 9.91. The Morgan fingerprint density at radius 2 is 1.81 bits per heavy atom. The lowest BCUT2D eigenvalue weighted by molar-refractivity contribution is -0.134. The van der Waals surface area contributed by atoms with E-state index in [1.54, 1.807) is 4.90 Å². The summed E-state index contributed by atoms with van der Waals surface area (Å²) in [5.74, 6) is 0.134. The number of aromatic nitrogens is 2. The highest BCUT2D eigenvalue weighted by Crippen LogP contribution is 2.33. The molecule has 6 heteroatoms. The second-order valence-corrected chi connectivity index (χ2v) is 9.41. The summed E-state index contributed by atoms with van der Waals surface area (Å²) in [6.07, 6.45) is 5.53. The second kappa shape index (κ2) is 8.08. The van der Waals surface area contributed by atoms with Crippen LogP contribution in [0.5, 0.6) is 0 Å². The molecule has 1 aromatic heterocycles. The van der Waals surface area contributed by atoms with Crippen molar-refractivity contribution in [1.29, 1.82) is 0 Å². The van der Waals surface area contributed by atoms with Crippen LogP contribution >= 0.6 is 0 Å². The van der Waals surface area contributed by atoms with E-state index in [1.807, 2.05) is 66.9 Å². The van der Waals surface area contributed by atoms with Crippen LogP contribution in [0.15, 0.2) is 48.5 Å². The zero-order valence-electron chi connectivity index (χ0n) is 18.8. The van der Waals surface area contributed by atoms with Gasteiger partial charge < -0.3 is 14.8 Å². The Labute approximate surface area is 188 Å². The average molecular weight is 431 g/mol. The SMILES string of the molecule is Cc1ccccc1CN1C(=O)c2nc3ccccc3n2C[C@@]1(C)C(=O)NC1CCCCC1. The molecule has 0 radical (unpaired) electrons. The van der Waals surface area contributed by atoms with Crippen LogP contribution in [0.1, 0.15) is 60.8 Å². The fraction of sp³-hybridized carbons (Fsp3) is 0.423. The summed E-state index contributed by atoms with van der Waals surface area (Å²) < 4.78 is 1.92. The van der Waals surface area contributed by atoms with Crippen molar-refractivity contribution in [3.05, 3.63) is 65.5 Å². The van der Waals surface area contributed by atoms with Crippen LogP contribution < -0.4 is 5.32 Å². The molecule has 2 aliphatic rings. The number of hydrogen-bond acceptors (Lipinski definition) is 3. The first-order valence-electron chi connectivity index (χ1n) is 11.6. The molecule has 0 unspecified atom stereocenters. The Hall–Kier alpha value is -3.15. The Balaban J connectivity index is 1.56. The number of hydrogen-bond donors (Lipinski definition) is 1. The smallest absolute Gasteiger partial charge is 0.291 e. The van der Waals surface area contributed by atoms with Gasteiger partial charge in [0.2, 0.25) is 5.91 Å². The van der Waals surface area contributed by atoms with Gasteiger partial charge in [-0.2, -0.15) is 0 Å². The minimum Gasteiger partial charge on any atom is -0.351 e. The largest absolute Gasteiger partial charge is 0.351 e. The second-order valence-electron chi connectivity index (χ2n) is 9.41. The molecule has 1 fully saturated rings. The van der Waals surface area contributed by atoms with Crippen molar-refractivity contribution in [3.63, 3.8) is 0 Å². The minimum atomic E-state index is -1.01. The van der Waals surface area contributed by atoms with E-state index in [0.717, 1.165) is 47.8 Å². The quantitative estimate of drug-likeness (QED) is 0.674. The molecule has 1 aliphatic carbocycles. The number of rotatable bonds is 4. The molecule has 0 saturated heterocycles. The number of carbonyl (C=O) groups excluding carboxylic acids is 2. The van der Waals surface area contributed by atoms with Crippen molar-refractivity contribution in [3.8, 4) is 0 Å². The standard InChI is InChI=1S/C26H30N4O2/c1-18-10-6-7-11-19(18)16-30-24(31)23-28-21-14-8-9-15-22(21)29(23)17-26(30,2)25(32)27-20-12-4-3-5-13-20/h6-11,14-15,20H,3-5,12-13,16-17H2,1-2H3,(H,27,32)/t26-/m0/s1. The Bertz CT molecular complexity index is 1180. The summed E-state index contributed by atoms with van der Waals surface area (Å²) in [4.78, 5) is 33.9. The van der Waals surface area contributed by atoms with Crippen LogP contribution in [0, 0.1) is 6.92 Å². The maximum absolute atomic E-state index is 13.8. The topological polar surface area (TPSA) is 67.2 Å². The number of imidazole rings is 1. The van der Waals surface area contributed by atoms with Gasteiger partial charge in [-0.25, -0.2) is 4.98 Å². The number of amides is 2. The van der Waals surface area contributed by atoms with Gasteiger partial charge in [0.25, 0.3) is 5.91 Å². The van der Waals surface area contributed by atoms with Gasteiger partial charge in [-0.05, 0) is 49.9 Å². The highest BCUT2D eigenvalue weighted by atomic mass is 16.2. The van der Waals surface area contributed by atoms with Crippen LogP contribution in [-0.4, -0.2) is 37.8 Å². The van der Waals surface area contributed by atoms with E-state index in [0.29, 0.717) is 18.9 Å². The van der Waals surface area contributed by atoms with Gasteiger partial charge >= 0.3 is 0 Å². The molecule has 2 amide bonds. The summed E-state index contributed by atoms with van der Waals surface area (Å²) in [6, 6.07) is 16.0. The van der Waals surface area contributed by atoms with Gasteiger partial charge in [0.1, 0.15) is 5.54 Å². The van der Waals surface area contributed by atoms with Crippen LogP contribution in [-0.2, 0) is 17.9 Å². The van der Waals surface area contributed by atoms with Crippen LogP contribution in [0.3, 0.4) is 0 Å². The number of aryl methyl sites for hydroxylation is 1. The molecule has 166 valence electrons. The molecule has 2 aromatic carbocycles. The van der Waals surface area contributed by atoms with E-state index in [9.17, 15) is 9.59 Å². The van der Waals surface area contributed by atoms with E-state index in [4.69, 9.17) is 0 Å². The number of benzene rings is 2. The first kappa shape index (κ1) is 20.7. The lowest BCUT2D eigenvalue weighted by Gasteiger charge is -2.44. The van der Waals surface area contributed by atoms with E-state index >= 15 is 0 Å². The maximum atomic E-state index is 13.8. The molecular formula is C26H30N4O2. The molecular weight excluding hydrogens is 400 g/mol. The predicted molar refractivity (Wildman–Crippen MR) is 124 cm³/mol. The van der Waals surface area contributed by atoms with E-state index in [2.05, 4.69) is 10.3 Å². The Morgan fingerprint density at radius 1 is 1.09 bits per heavy atom. The predicted octanol–water partition coefficient (Wildman–Crippen LogP) is 4.21. The van der Waals surface area contributed by atoms with Crippen LogP contribution in [0.25, 0.3) is 11.0 Å². The Morgan fingerprint density at radius 3 is 2.59 bits per heavy atom. The zero-order valence-corrected chi connectivity index (χ0v) is 18.8. The molecule has 2 heterocycles. The summed E-state index contributed by atoms with van der Waals surface area (Å²) in [5, 5.41) is 3.28. The maximum Gasteiger partial charge on any atom is 0.291 e. The average Bonchev–Trinajstić information content (AvgIpc) is 3.17. The van der Waals surface area contributed by atoms with Gasteiger partial charge in [-0.1, -0.05) is 55.7 Å². The molecule has 1 saturated carbocycles. The molecule has 1 aliphatic heterocycles. The first-order chi connectivity index (χ1) is 15.5. The molecule has 3 aromatic rings. The molecule has 5 rings (SSSR count). The zero-order chi connectivity index (χ0) is 22.3. The number of nitrogens with one attached hydrogen (secondary N) is 1. The van der Waals surface area contributed by atoms with Gasteiger partial charge in [-0.15, -0.1) is 0 Å². The fourth-order valence-electron chi connectivity index (χ4n) is 5.12. The number of nitrogens with zero attached hydrogens (tertiary/aromatic N) is 3. The van der Waals surface area contributed by atoms with Crippen LogP contribution in [0.4, 0.5) is 0 Å². The van der Waals surface area contributed by atoms with Crippen molar-refractivity contribution >= 4 is 22.8 Å². The lowest BCUT2D eigenvalue weighted by Crippen LogP contribution is -2.64. The molecule has 1 N–H and O–H groups in total. The molecule has 0 bridgehead atoms. The van der Waals surface area contributed by atoms with Crippen molar-refractivity contribution in [2.75, 3.05) is 0 Å². The number of carbonyl (C=O) groups is 2. The highest BCUT2D eigenvalue weighted by molar-refractivity contribution is 6.01. The van der Waals surface area contributed by atoms with Crippen molar-refractivity contribution < 1.29 is 9.59 Å². The van der Waals surface area contributed by atoms with Crippen molar-refractivity contribution in [2.24, 2.45) is 0 Å². The van der Waals surface area contributed by atoms with E-state index < -0.39 is 5.54 Å². The van der Waals surface area contributed by atoms with Gasteiger partial charge in [0.05, 0.1) is 17.6 Å². The van der Waals surface area contributed by atoms with Gasteiger partial charge in [-0.3, -0.25) is 9.59 Å². The first-order valence-corrected chi connectivity index (χ1v) is 11.6. The fourth-order valence-corrected chi connectivity index (χ4v) is 5.12. The summed E-state index contributed by atoms with van der Waals surface area (Å²) in [7, 11) is 0. The third-order valence-electron chi connectivity index (χ3n) is 7.17. The van der Waals surface area contributed by atoms with E-state index in [-0.39, 0.29) is 17.9 Å². The monoisotopic (exact) mass is 430 g/mol. The summed E-state index contributed by atoms with van der Waals surface area (Å²) in [6.45, 7) is 4.71. The number of para-hydroxylation sites is 2. The highest BCUT2D eigenvalue weighted by Gasteiger charge is 2.48.